The van der Waals surface area contributed by atoms with Crippen molar-refractivity contribution in [3.8, 4) is 17.4 Å². The van der Waals surface area contributed by atoms with Crippen molar-refractivity contribution in [3.05, 3.63) is 82.0 Å². The number of nitrogens with zero attached hydrogens (tertiary/aromatic N) is 2. The van der Waals surface area contributed by atoms with Gasteiger partial charge < -0.3 is 14.7 Å². The summed E-state index contributed by atoms with van der Waals surface area (Å²) in [4.78, 5) is 18.3. The molecule has 1 amide bonds. The van der Waals surface area contributed by atoms with Crippen LogP contribution in [-0.2, 0) is 12.6 Å². The zero-order chi connectivity index (χ0) is 24.3. The molecule has 1 aliphatic rings. The summed E-state index contributed by atoms with van der Waals surface area (Å²) in [7, 11) is 0. The summed E-state index contributed by atoms with van der Waals surface area (Å²) < 4.78 is 44.3. The fourth-order valence-corrected chi connectivity index (χ4v) is 4.21. The van der Waals surface area contributed by atoms with Crippen molar-refractivity contribution >= 4 is 21.8 Å². The normalized spacial score (nSPS) is 14.8. The number of aromatic hydroxyl groups is 1. The molecule has 34 heavy (non-hydrogen) atoms. The van der Waals surface area contributed by atoms with Gasteiger partial charge in [0.2, 0.25) is 5.88 Å². The Balaban J connectivity index is 1.32. The van der Waals surface area contributed by atoms with Crippen molar-refractivity contribution in [2.45, 2.75) is 25.4 Å². The molecule has 0 aliphatic carbocycles. The van der Waals surface area contributed by atoms with E-state index in [1.54, 1.807) is 23.1 Å². The Morgan fingerprint density at radius 2 is 1.88 bits per heavy atom. The molecule has 0 saturated carbocycles. The number of pyridine rings is 1. The van der Waals surface area contributed by atoms with E-state index in [9.17, 15) is 23.1 Å². The van der Waals surface area contributed by atoms with Gasteiger partial charge in [0.15, 0.2) is 0 Å². The van der Waals surface area contributed by atoms with Gasteiger partial charge >= 0.3 is 6.18 Å². The predicted molar refractivity (Wildman–Crippen MR) is 124 cm³/mol. The second-order valence-corrected chi connectivity index (χ2v) is 9.09. The SMILES string of the molecule is O=C(c1ccc(Br)c(O)c1)N1CCC(Cc2cccc(Oc3ccc(C(F)(F)F)cn3)c2)CC1. The zero-order valence-corrected chi connectivity index (χ0v) is 19.6. The van der Waals surface area contributed by atoms with Crippen LogP contribution >= 0.6 is 15.9 Å². The monoisotopic (exact) mass is 534 g/mol. The molecule has 0 bridgehead atoms. The Labute approximate surface area is 203 Å². The van der Waals surface area contributed by atoms with Crippen molar-refractivity contribution in [1.82, 2.24) is 9.88 Å². The number of hydrogen-bond acceptors (Lipinski definition) is 4. The van der Waals surface area contributed by atoms with E-state index in [1.807, 2.05) is 18.2 Å². The van der Waals surface area contributed by atoms with E-state index in [2.05, 4.69) is 20.9 Å². The van der Waals surface area contributed by atoms with Crippen molar-refractivity contribution in [1.29, 1.82) is 0 Å². The van der Waals surface area contributed by atoms with E-state index in [0.717, 1.165) is 37.1 Å². The lowest BCUT2D eigenvalue weighted by Crippen LogP contribution is -2.38. The van der Waals surface area contributed by atoms with E-state index >= 15 is 0 Å². The first-order valence-corrected chi connectivity index (χ1v) is 11.6. The van der Waals surface area contributed by atoms with Gasteiger partial charge in [0.1, 0.15) is 11.5 Å². The minimum atomic E-state index is -4.44. The first kappa shape index (κ1) is 24.1. The number of halogens is 4. The lowest BCUT2D eigenvalue weighted by Gasteiger charge is -2.32. The Bertz CT molecular complexity index is 1160. The number of carbonyl (C=O) groups excluding carboxylic acids is 1. The number of likely N-dealkylation sites (tertiary alicyclic amines) is 1. The zero-order valence-electron chi connectivity index (χ0n) is 18.1. The summed E-state index contributed by atoms with van der Waals surface area (Å²) in [5.74, 6) is 0.931. The van der Waals surface area contributed by atoms with Gasteiger partial charge in [0.25, 0.3) is 5.91 Å². The van der Waals surface area contributed by atoms with Crippen LogP contribution in [0, 0.1) is 5.92 Å². The lowest BCUT2D eigenvalue weighted by molar-refractivity contribution is -0.137. The van der Waals surface area contributed by atoms with Gasteiger partial charge in [-0.15, -0.1) is 0 Å². The number of alkyl halides is 3. The maximum atomic E-state index is 12.7. The van der Waals surface area contributed by atoms with Gasteiger partial charge in [0.05, 0.1) is 10.0 Å². The van der Waals surface area contributed by atoms with Crippen LogP contribution in [0.15, 0.2) is 65.3 Å². The summed E-state index contributed by atoms with van der Waals surface area (Å²) >= 11 is 3.22. The molecule has 9 heteroatoms. The molecule has 1 aliphatic heterocycles. The number of ether oxygens (including phenoxy) is 1. The molecular weight excluding hydrogens is 513 g/mol. The van der Waals surface area contributed by atoms with Crippen LogP contribution in [0.3, 0.4) is 0 Å². The van der Waals surface area contributed by atoms with E-state index in [1.165, 1.54) is 12.1 Å². The smallest absolute Gasteiger partial charge is 0.417 e. The first-order valence-electron chi connectivity index (χ1n) is 10.8. The number of carbonyl (C=O) groups is 1. The van der Waals surface area contributed by atoms with Crippen molar-refractivity contribution < 1.29 is 27.8 Å². The Morgan fingerprint density at radius 1 is 1.12 bits per heavy atom. The van der Waals surface area contributed by atoms with E-state index < -0.39 is 11.7 Å². The summed E-state index contributed by atoms with van der Waals surface area (Å²) in [6, 6.07) is 14.4. The quantitative estimate of drug-likeness (QED) is 0.408. The van der Waals surface area contributed by atoms with Crippen molar-refractivity contribution in [2.75, 3.05) is 13.1 Å². The highest BCUT2D eigenvalue weighted by molar-refractivity contribution is 9.10. The molecule has 1 saturated heterocycles. The summed E-state index contributed by atoms with van der Waals surface area (Å²) in [5.41, 5.74) is 0.684. The second kappa shape index (κ2) is 10.0. The third-order valence-electron chi connectivity index (χ3n) is 5.80. The molecular formula is C25H22BrF3N2O3. The molecule has 3 aromatic rings. The van der Waals surface area contributed by atoms with E-state index in [-0.39, 0.29) is 17.5 Å². The Hall–Kier alpha value is -3.07. The minimum absolute atomic E-state index is 0.0364. The van der Waals surface area contributed by atoms with Crippen LogP contribution in [-0.4, -0.2) is 34.0 Å². The standard InChI is InChI=1S/C25H22BrF3N2O3/c26-21-6-4-18(14-22(21)32)24(33)31-10-8-16(9-11-31)12-17-2-1-3-20(13-17)34-23-7-5-19(15-30-23)25(27,28)29/h1-7,13-16,32H,8-12H2. The third kappa shape index (κ3) is 5.88. The molecule has 0 spiro atoms. The molecule has 0 atom stereocenters. The van der Waals surface area contributed by atoms with Crippen LogP contribution < -0.4 is 4.74 Å². The largest absolute Gasteiger partial charge is 0.507 e. The summed E-state index contributed by atoms with van der Waals surface area (Å²) in [6.07, 6.45) is -1.19. The molecule has 4 rings (SSSR count). The van der Waals surface area contributed by atoms with Gasteiger partial charge in [-0.3, -0.25) is 4.79 Å². The maximum absolute atomic E-state index is 12.7. The summed E-state index contributed by atoms with van der Waals surface area (Å²) in [6.45, 7) is 1.26. The molecule has 1 aromatic heterocycles. The number of amides is 1. The highest BCUT2D eigenvalue weighted by Gasteiger charge is 2.30. The molecule has 5 nitrogen and oxygen atoms in total. The molecule has 0 radical (unpaired) electrons. The first-order chi connectivity index (χ1) is 16.2. The van der Waals surface area contributed by atoms with Crippen LogP contribution in [0.1, 0.15) is 34.3 Å². The van der Waals surface area contributed by atoms with Gasteiger partial charge in [-0.05, 0) is 83.1 Å². The van der Waals surface area contributed by atoms with Crippen LogP contribution in [0.5, 0.6) is 17.4 Å². The summed E-state index contributed by atoms with van der Waals surface area (Å²) in [5, 5.41) is 9.84. The van der Waals surface area contributed by atoms with E-state index in [0.29, 0.717) is 34.8 Å². The number of rotatable bonds is 5. The second-order valence-electron chi connectivity index (χ2n) is 8.24. The van der Waals surface area contributed by atoms with Crippen LogP contribution in [0.2, 0.25) is 0 Å². The maximum Gasteiger partial charge on any atom is 0.417 e. The highest BCUT2D eigenvalue weighted by Crippen LogP contribution is 2.31. The topological polar surface area (TPSA) is 62.7 Å². The third-order valence-corrected chi connectivity index (χ3v) is 6.47. The molecule has 1 N–H and O–H groups in total. The number of piperidine rings is 1. The Kier molecular flexibility index (Phi) is 7.11. The number of phenolic OH excluding ortho intramolecular Hbond substituents is 1. The lowest BCUT2D eigenvalue weighted by atomic mass is 9.90. The predicted octanol–water partition coefficient (Wildman–Crippen LogP) is 6.46. The van der Waals surface area contributed by atoms with Gasteiger partial charge in [-0.1, -0.05) is 12.1 Å². The Morgan fingerprint density at radius 3 is 2.53 bits per heavy atom. The van der Waals surface area contributed by atoms with Crippen molar-refractivity contribution in [2.24, 2.45) is 5.92 Å². The number of hydrogen-bond donors (Lipinski definition) is 1. The molecule has 178 valence electrons. The molecule has 2 aromatic carbocycles. The number of phenols is 1. The molecule has 1 fully saturated rings. The fraction of sp³-hybridized carbons (Fsp3) is 0.280. The average molecular weight is 535 g/mol. The average Bonchev–Trinajstić information content (AvgIpc) is 2.81. The molecule has 0 unspecified atom stereocenters. The molecule has 2 heterocycles. The number of benzene rings is 2. The van der Waals surface area contributed by atoms with Gasteiger partial charge in [0, 0.05) is 30.9 Å². The highest BCUT2D eigenvalue weighted by atomic mass is 79.9. The van der Waals surface area contributed by atoms with Crippen LogP contribution in [0.4, 0.5) is 13.2 Å². The number of aromatic nitrogens is 1. The fourth-order valence-electron chi connectivity index (χ4n) is 3.97. The van der Waals surface area contributed by atoms with Gasteiger partial charge in [-0.2, -0.15) is 13.2 Å². The minimum Gasteiger partial charge on any atom is -0.507 e. The van der Waals surface area contributed by atoms with Crippen molar-refractivity contribution in [3.63, 3.8) is 0 Å². The van der Waals surface area contributed by atoms with Crippen LogP contribution in [0.25, 0.3) is 0 Å². The van der Waals surface area contributed by atoms with Gasteiger partial charge in [-0.25, -0.2) is 4.98 Å². The van der Waals surface area contributed by atoms with E-state index in [4.69, 9.17) is 4.74 Å².